The number of aryl methyl sites for hydroxylation is 1. The van der Waals surface area contributed by atoms with Crippen molar-refractivity contribution in [2.75, 3.05) is 0 Å². The molecule has 0 bridgehead atoms. The molecule has 2 aromatic rings. The van der Waals surface area contributed by atoms with Crippen LogP contribution >= 0.6 is 0 Å². The van der Waals surface area contributed by atoms with Crippen LogP contribution in [-0.4, -0.2) is 24.9 Å². The fourth-order valence-corrected chi connectivity index (χ4v) is 1.23. The van der Waals surface area contributed by atoms with Gasteiger partial charge in [0.15, 0.2) is 5.82 Å². The van der Waals surface area contributed by atoms with Gasteiger partial charge in [-0.3, -0.25) is 9.48 Å². The Balaban J connectivity index is 2.48. The lowest BCUT2D eigenvalue weighted by molar-refractivity contribution is 0.451. The van der Waals surface area contributed by atoms with Crippen LogP contribution in [0.5, 0.6) is 5.88 Å². The zero-order valence-corrected chi connectivity index (χ0v) is 8.14. The van der Waals surface area contributed by atoms with E-state index in [0.29, 0.717) is 5.69 Å². The quantitative estimate of drug-likeness (QED) is 0.743. The lowest BCUT2D eigenvalue weighted by Gasteiger charge is -1.96. The third-order valence-electron chi connectivity index (χ3n) is 1.94. The molecule has 2 rings (SSSR count). The molecule has 0 aromatic carbocycles. The second kappa shape index (κ2) is 3.56. The molecular weight excluding hydrogens is 196 g/mol. The SMILES string of the molecule is CCn1ccc(-c2nc(O)cc(=O)[nH]2)n1. The fourth-order valence-electron chi connectivity index (χ4n) is 1.23. The Kier molecular flexibility index (Phi) is 2.24. The molecule has 0 aliphatic heterocycles. The molecular formula is C9H10N4O2. The molecule has 15 heavy (non-hydrogen) atoms. The average molecular weight is 206 g/mol. The monoisotopic (exact) mass is 206 g/mol. The van der Waals surface area contributed by atoms with E-state index in [1.165, 1.54) is 0 Å². The van der Waals surface area contributed by atoms with Gasteiger partial charge in [0.25, 0.3) is 5.56 Å². The summed E-state index contributed by atoms with van der Waals surface area (Å²) in [6.45, 7) is 2.69. The van der Waals surface area contributed by atoms with Crippen molar-refractivity contribution in [2.24, 2.45) is 0 Å². The van der Waals surface area contributed by atoms with Crippen LogP contribution in [0, 0.1) is 0 Å². The molecule has 0 atom stereocenters. The number of nitrogens with one attached hydrogen (secondary N) is 1. The van der Waals surface area contributed by atoms with Gasteiger partial charge in [0.1, 0.15) is 5.69 Å². The number of aromatic hydroxyl groups is 1. The van der Waals surface area contributed by atoms with Gasteiger partial charge in [0.2, 0.25) is 5.88 Å². The van der Waals surface area contributed by atoms with E-state index < -0.39 is 5.56 Å². The summed E-state index contributed by atoms with van der Waals surface area (Å²) in [4.78, 5) is 17.3. The molecule has 0 saturated heterocycles. The summed E-state index contributed by atoms with van der Waals surface area (Å²) in [6.07, 6.45) is 1.78. The summed E-state index contributed by atoms with van der Waals surface area (Å²) in [6, 6.07) is 2.74. The predicted octanol–water partition coefficient (Wildman–Crippen LogP) is 0.359. The van der Waals surface area contributed by atoms with Gasteiger partial charge in [0.05, 0.1) is 6.07 Å². The molecule has 0 fully saturated rings. The first-order valence-electron chi connectivity index (χ1n) is 4.53. The minimum atomic E-state index is -0.399. The van der Waals surface area contributed by atoms with E-state index in [1.807, 2.05) is 6.92 Å². The first kappa shape index (κ1) is 9.45. The standard InChI is InChI=1S/C9H10N4O2/c1-2-13-4-3-6(12-13)9-10-7(14)5-8(15)11-9/h3-5H,2H2,1H3,(H2,10,11,14,15). The van der Waals surface area contributed by atoms with E-state index >= 15 is 0 Å². The summed E-state index contributed by atoms with van der Waals surface area (Å²) in [5, 5.41) is 13.3. The third kappa shape index (κ3) is 1.88. The van der Waals surface area contributed by atoms with Crippen molar-refractivity contribution < 1.29 is 5.11 Å². The Labute approximate surface area is 85.2 Å². The van der Waals surface area contributed by atoms with Gasteiger partial charge in [-0.05, 0) is 13.0 Å². The number of aromatic amines is 1. The van der Waals surface area contributed by atoms with Crippen LogP contribution in [0.15, 0.2) is 23.1 Å². The number of nitrogens with zero attached hydrogens (tertiary/aromatic N) is 3. The number of aromatic nitrogens is 4. The summed E-state index contributed by atoms with van der Waals surface area (Å²) >= 11 is 0. The van der Waals surface area contributed by atoms with E-state index in [0.717, 1.165) is 12.6 Å². The first-order chi connectivity index (χ1) is 7.19. The highest BCUT2D eigenvalue weighted by Gasteiger charge is 2.05. The molecule has 78 valence electrons. The van der Waals surface area contributed by atoms with Gasteiger partial charge in [-0.2, -0.15) is 10.1 Å². The summed E-state index contributed by atoms with van der Waals surface area (Å²) in [5.74, 6) is -0.0352. The molecule has 2 aromatic heterocycles. The van der Waals surface area contributed by atoms with E-state index in [9.17, 15) is 4.79 Å². The highest BCUT2D eigenvalue weighted by molar-refractivity contribution is 5.48. The fraction of sp³-hybridized carbons (Fsp3) is 0.222. The molecule has 0 spiro atoms. The Morgan fingerprint density at radius 3 is 3.00 bits per heavy atom. The second-order valence-corrected chi connectivity index (χ2v) is 3.01. The Hall–Kier alpha value is -2.11. The minimum Gasteiger partial charge on any atom is -0.493 e. The number of hydrogen-bond acceptors (Lipinski definition) is 4. The van der Waals surface area contributed by atoms with Crippen LogP contribution in [0.25, 0.3) is 11.5 Å². The topological polar surface area (TPSA) is 83.8 Å². The van der Waals surface area contributed by atoms with Crippen molar-refractivity contribution in [3.63, 3.8) is 0 Å². The van der Waals surface area contributed by atoms with Crippen LogP contribution in [0.1, 0.15) is 6.92 Å². The van der Waals surface area contributed by atoms with Crippen molar-refractivity contribution in [3.8, 4) is 17.4 Å². The van der Waals surface area contributed by atoms with Crippen LogP contribution in [0.2, 0.25) is 0 Å². The molecule has 0 aliphatic carbocycles. The van der Waals surface area contributed by atoms with E-state index in [1.54, 1.807) is 16.9 Å². The maximum Gasteiger partial charge on any atom is 0.255 e. The molecule has 0 radical (unpaired) electrons. The first-order valence-corrected chi connectivity index (χ1v) is 4.53. The smallest absolute Gasteiger partial charge is 0.255 e. The van der Waals surface area contributed by atoms with E-state index in [4.69, 9.17) is 5.11 Å². The zero-order valence-electron chi connectivity index (χ0n) is 8.14. The Morgan fingerprint density at radius 2 is 2.40 bits per heavy atom. The molecule has 6 nitrogen and oxygen atoms in total. The van der Waals surface area contributed by atoms with Crippen LogP contribution in [-0.2, 0) is 6.54 Å². The Bertz CT molecular complexity index is 529. The van der Waals surface area contributed by atoms with E-state index in [2.05, 4.69) is 15.1 Å². The van der Waals surface area contributed by atoms with Crippen molar-refractivity contribution in [2.45, 2.75) is 13.5 Å². The molecule has 2 heterocycles. The summed E-state index contributed by atoms with van der Waals surface area (Å²) in [7, 11) is 0. The Morgan fingerprint density at radius 1 is 1.60 bits per heavy atom. The van der Waals surface area contributed by atoms with Crippen molar-refractivity contribution in [1.82, 2.24) is 19.7 Å². The number of H-pyrrole nitrogens is 1. The third-order valence-corrected chi connectivity index (χ3v) is 1.94. The molecule has 0 aliphatic rings. The maximum absolute atomic E-state index is 11.1. The highest BCUT2D eigenvalue weighted by atomic mass is 16.3. The van der Waals surface area contributed by atoms with Crippen molar-refractivity contribution in [3.05, 3.63) is 28.7 Å². The average Bonchev–Trinajstić information content (AvgIpc) is 2.64. The summed E-state index contributed by atoms with van der Waals surface area (Å²) in [5.41, 5.74) is 0.133. The lowest BCUT2D eigenvalue weighted by atomic mass is 10.4. The van der Waals surface area contributed by atoms with Gasteiger partial charge < -0.3 is 10.1 Å². The second-order valence-electron chi connectivity index (χ2n) is 3.01. The number of rotatable bonds is 2. The molecule has 6 heteroatoms. The highest BCUT2D eigenvalue weighted by Crippen LogP contribution is 2.11. The van der Waals surface area contributed by atoms with Gasteiger partial charge in [0, 0.05) is 12.7 Å². The van der Waals surface area contributed by atoms with Crippen LogP contribution in [0.4, 0.5) is 0 Å². The van der Waals surface area contributed by atoms with Crippen molar-refractivity contribution >= 4 is 0 Å². The van der Waals surface area contributed by atoms with Crippen molar-refractivity contribution in [1.29, 1.82) is 0 Å². The van der Waals surface area contributed by atoms with Gasteiger partial charge >= 0.3 is 0 Å². The molecule has 2 N–H and O–H groups in total. The largest absolute Gasteiger partial charge is 0.493 e. The van der Waals surface area contributed by atoms with Gasteiger partial charge in [-0.15, -0.1) is 0 Å². The predicted molar refractivity (Wildman–Crippen MR) is 53.4 cm³/mol. The summed E-state index contributed by atoms with van der Waals surface area (Å²) < 4.78 is 1.71. The minimum absolute atomic E-state index is 0.271. The normalized spacial score (nSPS) is 10.5. The van der Waals surface area contributed by atoms with Gasteiger partial charge in [-0.1, -0.05) is 0 Å². The molecule has 0 unspecified atom stereocenters. The number of hydrogen-bond donors (Lipinski definition) is 2. The van der Waals surface area contributed by atoms with Gasteiger partial charge in [-0.25, -0.2) is 0 Å². The molecule has 0 saturated carbocycles. The van der Waals surface area contributed by atoms with Crippen LogP contribution < -0.4 is 5.56 Å². The zero-order chi connectivity index (χ0) is 10.8. The van der Waals surface area contributed by atoms with Crippen LogP contribution in [0.3, 0.4) is 0 Å². The molecule has 0 amide bonds. The maximum atomic E-state index is 11.1. The van der Waals surface area contributed by atoms with E-state index in [-0.39, 0.29) is 11.7 Å². The lowest BCUT2D eigenvalue weighted by Crippen LogP contribution is -2.07.